The van der Waals surface area contributed by atoms with E-state index in [2.05, 4.69) is 33.9 Å². The van der Waals surface area contributed by atoms with Crippen LogP contribution in [0.1, 0.15) is 16.7 Å². The van der Waals surface area contributed by atoms with Crippen molar-refractivity contribution in [1.29, 1.82) is 0 Å². The van der Waals surface area contributed by atoms with Crippen molar-refractivity contribution in [2.45, 2.75) is 25.7 Å². The minimum atomic E-state index is 0.483. The third-order valence-corrected chi connectivity index (χ3v) is 5.47. The van der Waals surface area contributed by atoms with Crippen LogP contribution in [0.25, 0.3) is 11.3 Å². The Bertz CT molecular complexity index is 1190. The maximum Gasteiger partial charge on any atom is 0.237 e. The smallest absolute Gasteiger partial charge is 0.237 e. The lowest BCUT2D eigenvalue weighted by Crippen LogP contribution is -2.03. The highest BCUT2D eigenvalue weighted by molar-refractivity contribution is 8.00. The molecule has 6 nitrogen and oxygen atoms in total. The van der Waals surface area contributed by atoms with Crippen LogP contribution in [0.3, 0.4) is 0 Å². The lowest BCUT2D eigenvalue weighted by Gasteiger charge is -2.15. The van der Waals surface area contributed by atoms with E-state index in [4.69, 9.17) is 9.72 Å². The second kappa shape index (κ2) is 8.59. The van der Waals surface area contributed by atoms with Crippen LogP contribution in [-0.2, 0) is 7.05 Å². The molecule has 4 aromatic rings. The van der Waals surface area contributed by atoms with Gasteiger partial charge in [0, 0.05) is 24.4 Å². The van der Waals surface area contributed by atoms with Crippen LogP contribution >= 0.6 is 11.9 Å². The summed E-state index contributed by atoms with van der Waals surface area (Å²) in [7, 11) is 1.89. The Kier molecular flexibility index (Phi) is 5.72. The molecule has 0 aliphatic rings. The van der Waals surface area contributed by atoms with Crippen molar-refractivity contribution >= 4 is 17.9 Å². The minimum absolute atomic E-state index is 0.483. The molecule has 0 spiro atoms. The zero-order valence-electron chi connectivity index (χ0n) is 17.4. The van der Waals surface area contributed by atoms with E-state index >= 15 is 0 Å². The van der Waals surface area contributed by atoms with Gasteiger partial charge in [-0.05, 0) is 49.9 Å². The number of benzene rings is 2. The first-order valence-electron chi connectivity index (χ1n) is 9.61. The minimum Gasteiger partial charge on any atom is -0.438 e. The van der Waals surface area contributed by atoms with Gasteiger partial charge < -0.3 is 4.74 Å². The van der Waals surface area contributed by atoms with E-state index in [9.17, 15) is 0 Å². The fourth-order valence-corrected chi connectivity index (χ4v) is 3.68. The van der Waals surface area contributed by atoms with Crippen molar-refractivity contribution in [3.8, 4) is 22.9 Å². The lowest BCUT2D eigenvalue weighted by atomic mass is 10.0. The molecule has 0 aliphatic heterocycles. The Morgan fingerprint density at radius 1 is 0.933 bits per heavy atom. The van der Waals surface area contributed by atoms with Gasteiger partial charge in [0.25, 0.3) is 0 Å². The highest BCUT2D eigenvalue weighted by Crippen LogP contribution is 2.34. The summed E-state index contributed by atoms with van der Waals surface area (Å²) in [6.07, 6.45) is 3.72. The Labute approximate surface area is 180 Å². The van der Waals surface area contributed by atoms with Gasteiger partial charge in [-0.15, -0.1) is 0 Å². The van der Waals surface area contributed by atoms with Crippen LogP contribution in [0.5, 0.6) is 11.6 Å². The van der Waals surface area contributed by atoms with Crippen LogP contribution in [0.4, 0.5) is 5.95 Å². The van der Waals surface area contributed by atoms with E-state index in [0.717, 1.165) is 38.6 Å². The van der Waals surface area contributed by atoms with E-state index < -0.39 is 0 Å². The van der Waals surface area contributed by atoms with Crippen LogP contribution in [0, 0.1) is 20.8 Å². The topological polar surface area (TPSA) is 64.9 Å². The van der Waals surface area contributed by atoms with Gasteiger partial charge in [-0.3, -0.25) is 9.40 Å². The normalized spacial score (nSPS) is 10.8. The number of anilines is 1. The van der Waals surface area contributed by atoms with Crippen LogP contribution in [-0.4, -0.2) is 19.7 Å². The lowest BCUT2D eigenvalue weighted by molar-refractivity contribution is 0.455. The molecule has 152 valence electrons. The van der Waals surface area contributed by atoms with Gasteiger partial charge in [0.2, 0.25) is 11.8 Å². The van der Waals surface area contributed by atoms with Crippen LogP contribution in [0.2, 0.25) is 0 Å². The molecule has 0 bridgehead atoms. The van der Waals surface area contributed by atoms with E-state index in [1.165, 1.54) is 11.9 Å². The third kappa shape index (κ3) is 4.31. The summed E-state index contributed by atoms with van der Waals surface area (Å²) in [6.45, 7) is 6.09. The summed E-state index contributed by atoms with van der Waals surface area (Å²) in [6, 6.07) is 16.1. The molecule has 2 heterocycles. The van der Waals surface area contributed by atoms with E-state index in [1.807, 2.05) is 63.5 Å². The number of hydrogen-bond donors (Lipinski definition) is 1. The first kappa shape index (κ1) is 20.0. The molecular formula is C23H23N5OS. The maximum absolute atomic E-state index is 6.22. The van der Waals surface area contributed by atoms with Crippen molar-refractivity contribution in [3.63, 3.8) is 0 Å². The van der Waals surface area contributed by atoms with E-state index in [1.54, 1.807) is 10.9 Å². The monoisotopic (exact) mass is 417 g/mol. The zero-order chi connectivity index (χ0) is 21.1. The quantitative estimate of drug-likeness (QED) is 0.405. The molecule has 0 fully saturated rings. The molecule has 0 amide bonds. The standard InChI is InChI=1S/C23H23N5OS/c1-15-9-5-7-11-19(15)21-17(3)22(29-20-12-8-6-10-16(20)2)26-23(25-21)27-30-18-13-24-28(4)14-18/h5-14H,1-4H3,(H,25,26,27). The number of ether oxygens (including phenoxy) is 1. The number of aryl methyl sites for hydroxylation is 3. The molecule has 30 heavy (non-hydrogen) atoms. The predicted octanol–water partition coefficient (Wildman–Crippen LogP) is 5.71. The van der Waals surface area contributed by atoms with Gasteiger partial charge in [-0.2, -0.15) is 10.1 Å². The molecule has 2 aromatic heterocycles. The molecule has 0 saturated heterocycles. The van der Waals surface area contributed by atoms with E-state index in [0.29, 0.717) is 11.8 Å². The average molecular weight is 418 g/mol. The van der Waals surface area contributed by atoms with Gasteiger partial charge in [0.05, 0.1) is 16.8 Å². The Balaban J connectivity index is 1.75. The van der Waals surface area contributed by atoms with Crippen LogP contribution in [0.15, 0.2) is 65.8 Å². The molecule has 0 unspecified atom stereocenters. The van der Waals surface area contributed by atoms with Crippen molar-refractivity contribution in [1.82, 2.24) is 19.7 Å². The SMILES string of the molecule is Cc1ccccc1Oc1nc(NSc2cnn(C)c2)nc(-c2ccccc2C)c1C. The molecule has 7 heteroatoms. The molecule has 2 aromatic carbocycles. The molecule has 1 N–H and O–H groups in total. The number of nitrogens with one attached hydrogen (secondary N) is 1. The third-order valence-electron chi connectivity index (χ3n) is 4.74. The number of hydrogen-bond acceptors (Lipinski definition) is 6. The molecule has 0 atom stereocenters. The zero-order valence-corrected chi connectivity index (χ0v) is 18.2. The van der Waals surface area contributed by atoms with Gasteiger partial charge in [-0.25, -0.2) is 4.98 Å². The second-order valence-electron chi connectivity index (χ2n) is 7.06. The maximum atomic E-state index is 6.22. The summed E-state index contributed by atoms with van der Waals surface area (Å²) >= 11 is 1.41. The number of para-hydroxylation sites is 1. The van der Waals surface area contributed by atoms with E-state index in [-0.39, 0.29) is 0 Å². The summed E-state index contributed by atoms with van der Waals surface area (Å²) in [5, 5.41) is 4.19. The molecular weight excluding hydrogens is 394 g/mol. The first-order valence-corrected chi connectivity index (χ1v) is 10.4. The highest BCUT2D eigenvalue weighted by Gasteiger charge is 2.17. The van der Waals surface area contributed by atoms with Gasteiger partial charge in [-0.1, -0.05) is 42.5 Å². The van der Waals surface area contributed by atoms with Crippen molar-refractivity contribution in [2.75, 3.05) is 4.72 Å². The Morgan fingerprint density at radius 3 is 2.37 bits per heavy atom. The van der Waals surface area contributed by atoms with Crippen molar-refractivity contribution in [3.05, 3.63) is 77.6 Å². The largest absolute Gasteiger partial charge is 0.438 e. The summed E-state index contributed by atoms with van der Waals surface area (Å²) in [5.74, 6) is 1.80. The Hall–Kier alpha value is -3.32. The average Bonchev–Trinajstić information content (AvgIpc) is 3.16. The molecule has 0 aliphatic carbocycles. The number of nitrogens with zero attached hydrogens (tertiary/aromatic N) is 4. The van der Waals surface area contributed by atoms with Gasteiger partial charge >= 0.3 is 0 Å². The van der Waals surface area contributed by atoms with Crippen molar-refractivity contribution < 1.29 is 4.74 Å². The fourth-order valence-electron chi connectivity index (χ4n) is 3.07. The molecule has 0 saturated carbocycles. The predicted molar refractivity (Wildman–Crippen MR) is 121 cm³/mol. The fraction of sp³-hybridized carbons (Fsp3) is 0.174. The highest BCUT2D eigenvalue weighted by atomic mass is 32.2. The number of rotatable bonds is 6. The summed E-state index contributed by atoms with van der Waals surface area (Å²) < 4.78 is 11.2. The van der Waals surface area contributed by atoms with Gasteiger partial charge in [0.1, 0.15) is 5.75 Å². The Morgan fingerprint density at radius 2 is 1.67 bits per heavy atom. The molecule has 4 rings (SSSR count). The summed E-state index contributed by atoms with van der Waals surface area (Å²) in [4.78, 5) is 10.4. The van der Waals surface area contributed by atoms with Crippen LogP contribution < -0.4 is 9.46 Å². The molecule has 0 radical (unpaired) electrons. The van der Waals surface area contributed by atoms with Gasteiger partial charge in [0.15, 0.2) is 0 Å². The van der Waals surface area contributed by atoms with Crippen molar-refractivity contribution in [2.24, 2.45) is 7.05 Å². The number of aromatic nitrogens is 4. The first-order chi connectivity index (χ1) is 14.5. The second-order valence-corrected chi connectivity index (χ2v) is 7.94. The summed E-state index contributed by atoms with van der Waals surface area (Å²) in [5.41, 5.74) is 4.99.